The molecule has 2 aromatic rings. The van der Waals surface area contributed by atoms with E-state index in [1.165, 1.54) is 23.5 Å². The van der Waals surface area contributed by atoms with E-state index >= 15 is 0 Å². The Morgan fingerprint density at radius 3 is 2.61 bits per heavy atom. The van der Waals surface area contributed by atoms with Crippen LogP contribution in [0.25, 0.3) is 0 Å². The highest BCUT2D eigenvalue weighted by Gasteiger charge is 2.25. The van der Waals surface area contributed by atoms with E-state index in [1.807, 2.05) is 17.5 Å². The van der Waals surface area contributed by atoms with Crippen molar-refractivity contribution in [2.24, 2.45) is 5.73 Å². The second-order valence-electron chi connectivity index (χ2n) is 3.95. The molecule has 0 aliphatic rings. The van der Waals surface area contributed by atoms with E-state index in [1.54, 1.807) is 0 Å². The van der Waals surface area contributed by atoms with Gasteiger partial charge in [-0.05, 0) is 17.5 Å². The molecule has 0 aliphatic carbocycles. The summed E-state index contributed by atoms with van der Waals surface area (Å²) in [5.41, 5.74) is 5.56. The number of hydrogen-bond acceptors (Lipinski definition) is 3. The number of halogens is 2. The van der Waals surface area contributed by atoms with Gasteiger partial charge in [0.25, 0.3) is 0 Å². The zero-order chi connectivity index (χ0) is 13.1. The maximum absolute atomic E-state index is 13.6. The average Bonchev–Trinajstić information content (AvgIpc) is 2.87. The lowest BCUT2D eigenvalue weighted by atomic mass is 9.94. The van der Waals surface area contributed by atoms with Crippen molar-refractivity contribution in [1.29, 1.82) is 0 Å². The normalized spacial score (nSPS) is 14.4. The van der Waals surface area contributed by atoms with E-state index in [0.29, 0.717) is 0 Å². The van der Waals surface area contributed by atoms with E-state index < -0.39 is 23.7 Å². The van der Waals surface area contributed by atoms with Gasteiger partial charge in [0.1, 0.15) is 0 Å². The Kier molecular flexibility index (Phi) is 4.06. The molecular formula is C13H13F2NOS. The smallest absolute Gasteiger partial charge is 0.164 e. The maximum atomic E-state index is 13.6. The first kappa shape index (κ1) is 13.1. The Bertz CT molecular complexity index is 516. The van der Waals surface area contributed by atoms with Crippen LogP contribution < -0.4 is 5.73 Å². The predicted molar refractivity (Wildman–Crippen MR) is 67.4 cm³/mol. The number of nitrogens with two attached hydrogens (primary N) is 1. The Balaban J connectivity index is 2.35. The quantitative estimate of drug-likeness (QED) is 0.896. The first-order valence-electron chi connectivity index (χ1n) is 5.50. The summed E-state index contributed by atoms with van der Waals surface area (Å²) in [7, 11) is 0. The van der Waals surface area contributed by atoms with Gasteiger partial charge < -0.3 is 10.8 Å². The van der Waals surface area contributed by atoms with Crippen molar-refractivity contribution in [3.05, 3.63) is 57.8 Å². The summed E-state index contributed by atoms with van der Waals surface area (Å²) in [4.78, 5) is 0.855. The van der Waals surface area contributed by atoms with Gasteiger partial charge >= 0.3 is 0 Å². The largest absolute Gasteiger partial charge is 0.388 e. The molecule has 1 aromatic carbocycles. The molecule has 2 unspecified atom stereocenters. The van der Waals surface area contributed by atoms with Crippen LogP contribution in [-0.4, -0.2) is 11.7 Å². The molecule has 1 heterocycles. The van der Waals surface area contributed by atoms with Crippen LogP contribution in [0.5, 0.6) is 0 Å². The summed E-state index contributed by atoms with van der Waals surface area (Å²) in [5, 5.41) is 12.0. The van der Waals surface area contributed by atoms with Gasteiger partial charge in [-0.3, -0.25) is 0 Å². The lowest BCUT2D eigenvalue weighted by Crippen LogP contribution is -2.20. The van der Waals surface area contributed by atoms with Crippen LogP contribution >= 0.6 is 11.3 Å². The molecular weight excluding hydrogens is 256 g/mol. The highest BCUT2D eigenvalue weighted by atomic mass is 32.1. The molecule has 2 nitrogen and oxygen atoms in total. The second kappa shape index (κ2) is 5.56. The van der Waals surface area contributed by atoms with Crippen molar-refractivity contribution in [1.82, 2.24) is 0 Å². The number of rotatable bonds is 4. The first-order valence-corrected chi connectivity index (χ1v) is 6.38. The number of aliphatic hydroxyl groups excluding tert-OH is 1. The zero-order valence-corrected chi connectivity index (χ0v) is 10.3. The summed E-state index contributed by atoms with van der Waals surface area (Å²) >= 11 is 1.43. The molecule has 0 saturated heterocycles. The van der Waals surface area contributed by atoms with Crippen LogP contribution in [0.3, 0.4) is 0 Å². The standard InChI is InChI=1S/C13H13F2NOS/c14-10-4-1-3-8(12(10)15)13(17)9(7-16)11-5-2-6-18-11/h1-6,9,13,17H,7,16H2. The third kappa shape index (κ3) is 2.43. The van der Waals surface area contributed by atoms with Gasteiger partial charge in [0.2, 0.25) is 0 Å². The number of benzene rings is 1. The Labute approximate surface area is 108 Å². The maximum Gasteiger partial charge on any atom is 0.164 e. The van der Waals surface area contributed by atoms with Crippen molar-refractivity contribution < 1.29 is 13.9 Å². The molecule has 0 spiro atoms. The topological polar surface area (TPSA) is 46.2 Å². The van der Waals surface area contributed by atoms with Gasteiger partial charge in [-0.15, -0.1) is 11.3 Å². The zero-order valence-electron chi connectivity index (χ0n) is 9.51. The molecule has 2 rings (SSSR count). The van der Waals surface area contributed by atoms with E-state index in [0.717, 1.165) is 10.9 Å². The summed E-state index contributed by atoms with van der Waals surface area (Å²) in [6.07, 6.45) is -1.15. The lowest BCUT2D eigenvalue weighted by Gasteiger charge is -2.21. The number of thiophene rings is 1. The van der Waals surface area contributed by atoms with Crippen molar-refractivity contribution in [3.63, 3.8) is 0 Å². The van der Waals surface area contributed by atoms with Crippen LogP contribution in [0, 0.1) is 11.6 Å². The fraction of sp³-hybridized carbons (Fsp3) is 0.231. The van der Waals surface area contributed by atoms with Crippen molar-refractivity contribution in [2.45, 2.75) is 12.0 Å². The van der Waals surface area contributed by atoms with Gasteiger partial charge in [-0.1, -0.05) is 18.2 Å². The summed E-state index contributed by atoms with van der Waals surface area (Å²) in [6, 6.07) is 7.42. The average molecular weight is 269 g/mol. The molecule has 0 fully saturated rings. The van der Waals surface area contributed by atoms with Crippen LogP contribution in [0.1, 0.15) is 22.5 Å². The number of aliphatic hydroxyl groups is 1. The highest BCUT2D eigenvalue weighted by Crippen LogP contribution is 2.34. The predicted octanol–water partition coefficient (Wildman–Crippen LogP) is 2.80. The third-order valence-electron chi connectivity index (χ3n) is 2.84. The lowest BCUT2D eigenvalue weighted by molar-refractivity contribution is 0.143. The molecule has 0 aliphatic heterocycles. The van der Waals surface area contributed by atoms with Crippen LogP contribution in [0.2, 0.25) is 0 Å². The molecule has 3 N–H and O–H groups in total. The van der Waals surface area contributed by atoms with E-state index in [2.05, 4.69) is 0 Å². The molecule has 0 radical (unpaired) electrons. The van der Waals surface area contributed by atoms with Gasteiger partial charge in [0.15, 0.2) is 11.6 Å². The van der Waals surface area contributed by atoms with Crippen LogP contribution in [-0.2, 0) is 0 Å². The van der Waals surface area contributed by atoms with E-state index in [-0.39, 0.29) is 12.1 Å². The monoisotopic (exact) mass is 269 g/mol. The SMILES string of the molecule is NCC(c1cccs1)C(O)c1cccc(F)c1F. The Hall–Kier alpha value is -1.30. The van der Waals surface area contributed by atoms with Gasteiger partial charge in [0, 0.05) is 22.9 Å². The summed E-state index contributed by atoms with van der Waals surface area (Å²) < 4.78 is 26.8. The van der Waals surface area contributed by atoms with Gasteiger partial charge in [0.05, 0.1) is 6.10 Å². The Morgan fingerprint density at radius 2 is 2.00 bits per heavy atom. The first-order chi connectivity index (χ1) is 8.65. The van der Waals surface area contributed by atoms with Crippen LogP contribution in [0.15, 0.2) is 35.7 Å². The van der Waals surface area contributed by atoms with Gasteiger partial charge in [-0.25, -0.2) is 8.78 Å². The molecule has 0 amide bonds. The summed E-state index contributed by atoms with van der Waals surface area (Å²) in [5.74, 6) is -2.41. The van der Waals surface area contributed by atoms with Gasteiger partial charge in [-0.2, -0.15) is 0 Å². The minimum atomic E-state index is -1.15. The minimum absolute atomic E-state index is 0.0566. The van der Waals surface area contributed by atoms with E-state index in [4.69, 9.17) is 5.73 Å². The molecule has 96 valence electrons. The van der Waals surface area contributed by atoms with Crippen molar-refractivity contribution in [3.8, 4) is 0 Å². The minimum Gasteiger partial charge on any atom is -0.388 e. The fourth-order valence-electron chi connectivity index (χ4n) is 1.87. The molecule has 0 bridgehead atoms. The molecule has 1 aromatic heterocycles. The fourth-order valence-corrected chi connectivity index (χ4v) is 2.74. The molecule has 18 heavy (non-hydrogen) atoms. The highest BCUT2D eigenvalue weighted by molar-refractivity contribution is 7.10. The van der Waals surface area contributed by atoms with Crippen molar-refractivity contribution >= 4 is 11.3 Å². The summed E-state index contributed by atoms with van der Waals surface area (Å²) in [6.45, 7) is 0.164. The number of hydrogen-bond donors (Lipinski definition) is 2. The molecule has 2 atom stereocenters. The van der Waals surface area contributed by atoms with E-state index in [9.17, 15) is 13.9 Å². The second-order valence-corrected chi connectivity index (χ2v) is 4.92. The molecule has 0 saturated carbocycles. The van der Waals surface area contributed by atoms with Crippen LogP contribution in [0.4, 0.5) is 8.78 Å². The Morgan fingerprint density at radius 1 is 1.22 bits per heavy atom. The molecule has 5 heteroatoms. The third-order valence-corrected chi connectivity index (χ3v) is 3.85. The van der Waals surface area contributed by atoms with Crippen molar-refractivity contribution in [2.75, 3.05) is 6.54 Å².